The fraction of sp³-hybridized carbons (Fsp3) is 0. The van der Waals surface area contributed by atoms with Crippen molar-refractivity contribution in [3.63, 3.8) is 0 Å². The molecule has 0 spiro atoms. The summed E-state index contributed by atoms with van der Waals surface area (Å²) in [5, 5.41) is 1.41. The minimum Gasteiger partial charge on any atom is -0.265 e. The standard InChI is InChI=1S/C10H7ClN2S/c11-9-2-1-3-10(13-9)14-8-4-6-12-7-5-8/h1-7H. The summed E-state index contributed by atoms with van der Waals surface area (Å²) in [6.07, 6.45) is 3.51. The van der Waals surface area contributed by atoms with Crippen molar-refractivity contribution in [3.05, 3.63) is 47.9 Å². The molecule has 0 aromatic carbocycles. The van der Waals surface area contributed by atoms with Gasteiger partial charge in [-0.15, -0.1) is 0 Å². The van der Waals surface area contributed by atoms with Gasteiger partial charge in [-0.3, -0.25) is 4.98 Å². The molecule has 4 heteroatoms. The van der Waals surface area contributed by atoms with Crippen LogP contribution in [0.4, 0.5) is 0 Å². The maximum Gasteiger partial charge on any atom is 0.130 e. The molecule has 2 aromatic heterocycles. The SMILES string of the molecule is Clc1cccc(Sc2ccncc2)n1. The Morgan fingerprint density at radius 1 is 1.07 bits per heavy atom. The second-order valence-corrected chi connectivity index (χ2v) is 4.06. The van der Waals surface area contributed by atoms with Gasteiger partial charge in [-0.05, 0) is 24.3 Å². The van der Waals surface area contributed by atoms with E-state index in [0.29, 0.717) is 5.15 Å². The van der Waals surface area contributed by atoms with Gasteiger partial charge in [0.15, 0.2) is 0 Å². The first-order valence-corrected chi connectivity index (χ1v) is 5.24. The normalized spacial score (nSPS) is 10.1. The van der Waals surface area contributed by atoms with E-state index in [4.69, 9.17) is 11.6 Å². The van der Waals surface area contributed by atoms with Gasteiger partial charge in [-0.2, -0.15) is 0 Å². The van der Waals surface area contributed by atoms with Crippen molar-refractivity contribution < 1.29 is 0 Å². The van der Waals surface area contributed by atoms with Crippen LogP contribution < -0.4 is 0 Å². The number of rotatable bonds is 2. The molecule has 0 saturated heterocycles. The second kappa shape index (κ2) is 4.44. The lowest BCUT2D eigenvalue weighted by Crippen LogP contribution is -1.79. The molecule has 0 atom stereocenters. The number of hydrogen-bond acceptors (Lipinski definition) is 3. The van der Waals surface area contributed by atoms with E-state index in [0.717, 1.165) is 9.92 Å². The Bertz CT molecular complexity index is 419. The van der Waals surface area contributed by atoms with Gasteiger partial charge in [0.25, 0.3) is 0 Å². The fourth-order valence-corrected chi connectivity index (χ4v) is 1.98. The average molecular weight is 223 g/mol. The Kier molecular flexibility index (Phi) is 3.01. The van der Waals surface area contributed by atoms with Crippen LogP contribution in [-0.4, -0.2) is 9.97 Å². The van der Waals surface area contributed by atoms with Gasteiger partial charge < -0.3 is 0 Å². The van der Waals surface area contributed by atoms with E-state index in [-0.39, 0.29) is 0 Å². The predicted octanol–water partition coefficient (Wildman–Crippen LogP) is 3.28. The Morgan fingerprint density at radius 2 is 1.86 bits per heavy atom. The van der Waals surface area contributed by atoms with Crippen molar-refractivity contribution in [3.8, 4) is 0 Å². The minimum absolute atomic E-state index is 0.518. The summed E-state index contributed by atoms with van der Waals surface area (Å²) in [4.78, 5) is 9.23. The number of pyridine rings is 2. The predicted molar refractivity (Wildman–Crippen MR) is 57.6 cm³/mol. The first-order chi connectivity index (χ1) is 6.84. The highest BCUT2D eigenvalue weighted by molar-refractivity contribution is 7.99. The summed E-state index contributed by atoms with van der Waals surface area (Å²) in [6, 6.07) is 9.45. The molecule has 0 aliphatic carbocycles. The van der Waals surface area contributed by atoms with E-state index in [1.807, 2.05) is 24.3 Å². The average Bonchev–Trinajstić information content (AvgIpc) is 2.19. The van der Waals surface area contributed by atoms with Crippen LogP contribution in [0.5, 0.6) is 0 Å². The van der Waals surface area contributed by atoms with Crippen LogP contribution in [0.15, 0.2) is 52.6 Å². The van der Waals surface area contributed by atoms with Crippen LogP contribution >= 0.6 is 23.4 Å². The minimum atomic E-state index is 0.518. The fourth-order valence-electron chi connectivity index (χ4n) is 0.974. The Balaban J connectivity index is 2.19. The van der Waals surface area contributed by atoms with E-state index in [9.17, 15) is 0 Å². The molecule has 0 saturated carbocycles. The molecule has 2 nitrogen and oxygen atoms in total. The number of aromatic nitrogens is 2. The molecule has 0 bridgehead atoms. The molecule has 0 amide bonds. The van der Waals surface area contributed by atoms with Crippen molar-refractivity contribution in [1.82, 2.24) is 9.97 Å². The van der Waals surface area contributed by atoms with Gasteiger partial charge in [0, 0.05) is 17.3 Å². The molecule has 70 valence electrons. The number of halogens is 1. The third-order valence-corrected chi connectivity index (χ3v) is 2.72. The number of nitrogens with zero attached hydrogens (tertiary/aromatic N) is 2. The smallest absolute Gasteiger partial charge is 0.130 e. The largest absolute Gasteiger partial charge is 0.265 e. The first-order valence-electron chi connectivity index (χ1n) is 4.05. The van der Waals surface area contributed by atoms with Crippen molar-refractivity contribution in [1.29, 1.82) is 0 Å². The topological polar surface area (TPSA) is 25.8 Å². The summed E-state index contributed by atoms with van der Waals surface area (Å²) >= 11 is 7.34. The lowest BCUT2D eigenvalue weighted by Gasteiger charge is -1.99. The monoisotopic (exact) mass is 222 g/mol. The molecule has 0 unspecified atom stereocenters. The third kappa shape index (κ3) is 2.47. The van der Waals surface area contributed by atoms with Crippen LogP contribution in [0.25, 0.3) is 0 Å². The zero-order valence-electron chi connectivity index (χ0n) is 7.22. The van der Waals surface area contributed by atoms with Crippen molar-refractivity contribution >= 4 is 23.4 Å². The van der Waals surface area contributed by atoms with E-state index in [2.05, 4.69) is 9.97 Å². The van der Waals surface area contributed by atoms with Gasteiger partial charge in [0.2, 0.25) is 0 Å². The molecule has 14 heavy (non-hydrogen) atoms. The molecule has 0 aliphatic rings. The molecule has 0 N–H and O–H groups in total. The second-order valence-electron chi connectivity index (χ2n) is 2.58. The first kappa shape index (κ1) is 9.49. The maximum absolute atomic E-state index is 5.77. The summed E-state index contributed by atoms with van der Waals surface area (Å²) in [6.45, 7) is 0. The molecular weight excluding hydrogens is 216 g/mol. The van der Waals surface area contributed by atoms with E-state index < -0.39 is 0 Å². The molecule has 0 fully saturated rings. The molecule has 2 aromatic rings. The zero-order valence-corrected chi connectivity index (χ0v) is 8.79. The lowest BCUT2D eigenvalue weighted by molar-refractivity contribution is 1.13. The van der Waals surface area contributed by atoms with Crippen molar-refractivity contribution in [2.45, 2.75) is 9.92 Å². The summed E-state index contributed by atoms with van der Waals surface area (Å²) in [5.41, 5.74) is 0. The van der Waals surface area contributed by atoms with Crippen LogP contribution in [0.2, 0.25) is 5.15 Å². The lowest BCUT2D eigenvalue weighted by atomic mass is 10.5. The van der Waals surface area contributed by atoms with Gasteiger partial charge >= 0.3 is 0 Å². The van der Waals surface area contributed by atoms with Gasteiger partial charge in [-0.1, -0.05) is 29.4 Å². The molecule has 0 radical (unpaired) electrons. The van der Waals surface area contributed by atoms with E-state index in [1.54, 1.807) is 30.2 Å². The van der Waals surface area contributed by atoms with E-state index >= 15 is 0 Å². The summed E-state index contributed by atoms with van der Waals surface area (Å²) in [7, 11) is 0. The van der Waals surface area contributed by atoms with Gasteiger partial charge in [0.05, 0.1) is 0 Å². The third-order valence-electron chi connectivity index (χ3n) is 1.56. The highest BCUT2D eigenvalue weighted by atomic mass is 35.5. The van der Waals surface area contributed by atoms with Crippen LogP contribution in [0, 0.1) is 0 Å². The quantitative estimate of drug-likeness (QED) is 0.730. The van der Waals surface area contributed by atoms with Crippen molar-refractivity contribution in [2.75, 3.05) is 0 Å². The summed E-state index contributed by atoms with van der Waals surface area (Å²) < 4.78 is 0. The van der Waals surface area contributed by atoms with Crippen LogP contribution in [0.3, 0.4) is 0 Å². The van der Waals surface area contributed by atoms with Crippen LogP contribution in [0.1, 0.15) is 0 Å². The molecule has 0 aliphatic heterocycles. The highest BCUT2D eigenvalue weighted by Crippen LogP contribution is 2.25. The van der Waals surface area contributed by atoms with Gasteiger partial charge in [0.1, 0.15) is 10.2 Å². The molecule has 2 rings (SSSR count). The number of hydrogen-bond donors (Lipinski definition) is 0. The Hall–Kier alpha value is -1.06. The zero-order chi connectivity index (χ0) is 9.80. The van der Waals surface area contributed by atoms with E-state index in [1.165, 1.54) is 0 Å². The van der Waals surface area contributed by atoms with Gasteiger partial charge in [-0.25, -0.2) is 4.98 Å². The molecule has 2 heterocycles. The van der Waals surface area contributed by atoms with Crippen molar-refractivity contribution in [2.24, 2.45) is 0 Å². The molecular formula is C10H7ClN2S. The Labute approximate surface area is 91.4 Å². The summed E-state index contributed by atoms with van der Waals surface area (Å²) in [5.74, 6) is 0. The Morgan fingerprint density at radius 3 is 2.57 bits per heavy atom. The van der Waals surface area contributed by atoms with Crippen LogP contribution in [-0.2, 0) is 0 Å². The maximum atomic E-state index is 5.77. The highest BCUT2D eigenvalue weighted by Gasteiger charge is 1.98.